The normalized spacial score (nSPS) is 18.9. The number of pyridine rings is 1. The van der Waals surface area contributed by atoms with Crippen LogP contribution in [-0.2, 0) is 9.59 Å². The topological polar surface area (TPSA) is 76.3 Å². The van der Waals surface area contributed by atoms with Crippen LogP contribution in [0.5, 0.6) is 0 Å². The number of amides is 1. The maximum Gasteiger partial charge on any atom is 0.228 e. The summed E-state index contributed by atoms with van der Waals surface area (Å²) in [6, 6.07) is 3.59. The second kappa shape index (κ2) is 5.61. The molecule has 1 aliphatic heterocycles. The first kappa shape index (κ1) is 13.9. The zero-order valence-electron chi connectivity index (χ0n) is 11.0. The van der Waals surface area contributed by atoms with Crippen molar-refractivity contribution in [1.82, 2.24) is 4.98 Å². The Bertz CT molecular complexity index is 519. The summed E-state index contributed by atoms with van der Waals surface area (Å²) < 4.78 is 0. The highest BCUT2D eigenvalue weighted by atomic mass is 32.2. The monoisotopic (exact) mass is 279 g/mol. The number of nitrogen functional groups attached to an aromatic ring is 1. The van der Waals surface area contributed by atoms with Crippen LogP contribution < -0.4 is 10.6 Å². The quantitative estimate of drug-likeness (QED) is 0.909. The molecule has 0 bridgehead atoms. The van der Waals surface area contributed by atoms with E-state index in [-0.39, 0.29) is 16.9 Å². The van der Waals surface area contributed by atoms with E-state index in [1.165, 1.54) is 11.8 Å². The van der Waals surface area contributed by atoms with E-state index in [2.05, 4.69) is 4.98 Å². The van der Waals surface area contributed by atoms with E-state index < -0.39 is 0 Å². The third kappa shape index (κ3) is 3.26. The second-order valence-electron chi connectivity index (χ2n) is 4.74. The van der Waals surface area contributed by atoms with Crippen LogP contribution >= 0.6 is 11.8 Å². The first-order valence-corrected chi connectivity index (χ1v) is 7.12. The minimum Gasteiger partial charge on any atom is -0.396 e. The van der Waals surface area contributed by atoms with Gasteiger partial charge in [0, 0.05) is 31.3 Å². The molecule has 2 heterocycles. The number of thioether (sulfide) groups is 1. The van der Waals surface area contributed by atoms with Gasteiger partial charge in [-0.2, -0.15) is 0 Å². The predicted molar refractivity (Wildman–Crippen MR) is 77.0 cm³/mol. The number of anilines is 2. The van der Waals surface area contributed by atoms with Gasteiger partial charge in [0.05, 0.1) is 5.69 Å². The highest BCUT2D eigenvalue weighted by Gasteiger charge is 2.32. The molecule has 0 radical (unpaired) electrons. The molecule has 19 heavy (non-hydrogen) atoms. The molecule has 6 heteroatoms. The molecule has 1 fully saturated rings. The van der Waals surface area contributed by atoms with Crippen molar-refractivity contribution in [1.29, 1.82) is 0 Å². The number of nitrogens with two attached hydrogens (primary N) is 1. The van der Waals surface area contributed by atoms with Gasteiger partial charge in [0.15, 0.2) is 10.9 Å². The Hall–Kier alpha value is -1.56. The third-order valence-electron chi connectivity index (χ3n) is 3.03. The molecule has 1 aromatic heterocycles. The average molecular weight is 279 g/mol. The summed E-state index contributed by atoms with van der Waals surface area (Å²) in [6.07, 6.45) is 0.454. The molecule has 1 aliphatic rings. The largest absolute Gasteiger partial charge is 0.396 e. The Balaban J connectivity index is 2.11. The molecular weight excluding hydrogens is 262 g/mol. The molecule has 1 saturated heterocycles. The molecule has 1 aromatic rings. The van der Waals surface area contributed by atoms with Crippen LogP contribution in [0, 0.1) is 12.8 Å². The van der Waals surface area contributed by atoms with Crippen molar-refractivity contribution in [2.75, 3.05) is 22.9 Å². The summed E-state index contributed by atoms with van der Waals surface area (Å²) in [5.74, 6) is 1.42. The molecule has 1 atom stereocenters. The Morgan fingerprint density at radius 3 is 3.00 bits per heavy atom. The first-order chi connectivity index (χ1) is 8.97. The highest BCUT2D eigenvalue weighted by molar-refractivity contribution is 8.13. The number of nitrogens with zero attached hydrogens (tertiary/aromatic N) is 2. The Kier molecular flexibility index (Phi) is 4.09. The smallest absolute Gasteiger partial charge is 0.228 e. The Labute approximate surface area is 116 Å². The molecule has 0 saturated carbocycles. The molecule has 2 rings (SSSR count). The fourth-order valence-corrected chi connectivity index (χ4v) is 2.80. The maximum atomic E-state index is 12.0. The lowest BCUT2D eigenvalue weighted by Gasteiger charge is -2.17. The lowest BCUT2D eigenvalue weighted by atomic mass is 10.1. The van der Waals surface area contributed by atoms with Crippen LogP contribution in [0.4, 0.5) is 11.5 Å². The number of hydrogen-bond acceptors (Lipinski definition) is 5. The van der Waals surface area contributed by atoms with Crippen molar-refractivity contribution in [3.05, 3.63) is 17.8 Å². The van der Waals surface area contributed by atoms with Gasteiger partial charge in [-0.3, -0.25) is 14.5 Å². The van der Waals surface area contributed by atoms with Crippen LogP contribution in [0.15, 0.2) is 12.1 Å². The molecule has 1 unspecified atom stereocenters. The van der Waals surface area contributed by atoms with Gasteiger partial charge in [0.1, 0.15) is 0 Å². The Morgan fingerprint density at radius 1 is 1.58 bits per heavy atom. The summed E-state index contributed by atoms with van der Waals surface area (Å²) in [7, 11) is 0. The molecule has 0 aromatic carbocycles. The van der Waals surface area contributed by atoms with Crippen molar-refractivity contribution in [3.63, 3.8) is 0 Å². The van der Waals surface area contributed by atoms with Crippen LogP contribution in [0.1, 0.15) is 19.0 Å². The van der Waals surface area contributed by atoms with Gasteiger partial charge in [-0.15, -0.1) is 0 Å². The number of aryl methyl sites for hydroxylation is 1. The molecule has 2 N–H and O–H groups in total. The summed E-state index contributed by atoms with van der Waals surface area (Å²) in [4.78, 5) is 29.0. The van der Waals surface area contributed by atoms with Gasteiger partial charge < -0.3 is 5.73 Å². The van der Waals surface area contributed by atoms with Crippen LogP contribution in [0.25, 0.3) is 0 Å². The third-order valence-corrected chi connectivity index (χ3v) is 4.07. The number of carbonyl (C=O) groups is 2. The van der Waals surface area contributed by atoms with E-state index in [0.29, 0.717) is 30.2 Å². The van der Waals surface area contributed by atoms with Crippen molar-refractivity contribution in [2.45, 2.75) is 20.3 Å². The summed E-state index contributed by atoms with van der Waals surface area (Å²) in [5, 5.41) is 0.0825. The Morgan fingerprint density at radius 2 is 2.32 bits per heavy atom. The van der Waals surface area contributed by atoms with Gasteiger partial charge >= 0.3 is 0 Å². The van der Waals surface area contributed by atoms with Crippen LogP contribution in [0.2, 0.25) is 0 Å². The average Bonchev–Trinajstić information content (AvgIpc) is 2.71. The molecule has 5 nitrogen and oxygen atoms in total. The lowest BCUT2D eigenvalue weighted by molar-refractivity contribution is -0.117. The zero-order valence-corrected chi connectivity index (χ0v) is 11.9. The standard InChI is InChI=1S/C13H17N3O2S/c1-8-3-4-11(14)13(15-8)16-6-10(5-12(16)18)7-19-9(2)17/h3-4,10H,5-7,14H2,1-2H3. The van der Waals surface area contributed by atoms with Gasteiger partial charge in [-0.1, -0.05) is 11.8 Å². The lowest BCUT2D eigenvalue weighted by Crippen LogP contribution is -2.27. The van der Waals surface area contributed by atoms with Crippen molar-refractivity contribution < 1.29 is 9.59 Å². The predicted octanol–water partition coefficient (Wildman–Crippen LogP) is 1.60. The molecule has 0 spiro atoms. The molecule has 0 aliphatic carbocycles. The SMILES string of the molecule is CC(=O)SCC1CC(=O)N(c2nc(C)ccc2N)C1. The maximum absolute atomic E-state index is 12.0. The van der Waals surface area contributed by atoms with Crippen LogP contribution in [0.3, 0.4) is 0 Å². The van der Waals surface area contributed by atoms with Crippen molar-refractivity contribution in [2.24, 2.45) is 5.92 Å². The van der Waals surface area contributed by atoms with E-state index in [0.717, 1.165) is 5.69 Å². The molecule has 102 valence electrons. The number of carbonyl (C=O) groups excluding carboxylic acids is 2. The van der Waals surface area contributed by atoms with Gasteiger partial charge in [-0.25, -0.2) is 4.98 Å². The van der Waals surface area contributed by atoms with Gasteiger partial charge in [0.2, 0.25) is 5.91 Å². The summed E-state index contributed by atoms with van der Waals surface area (Å²) in [5.41, 5.74) is 7.23. The minimum atomic E-state index is 0.0268. The fraction of sp³-hybridized carbons (Fsp3) is 0.462. The summed E-state index contributed by atoms with van der Waals surface area (Å²) in [6.45, 7) is 3.99. The first-order valence-electron chi connectivity index (χ1n) is 6.14. The number of rotatable bonds is 3. The molecule has 1 amide bonds. The fourth-order valence-electron chi connectivity index (χ4n) is 2.10. The van der Waals surface area contributed by atoms with E-state index in [9.17, 15) is 9.59 Å². The number of aromatic nitrogens is 1. The minimum absolute atomic E-state index is 0.0268. The van der Waals surface area contributed by atoms with Gasteiger partial charge in [-0.05, 0) is 25.0 Å². The number of hydrogen-bond donors (Lipinski definition) is 1. The zero-order chi connectivity index (χ0) is 14.0. The van der Waals surface area contributed by atoms with Crippen molar-refractivity contribution >= 4 is 34.3 Å². The summed E-state index contributed by atoms with van der Waals surface area (Å²) >= 11 is 1.27. The van der Waals surface area contributed by atoms with E-state index in [1.54, 1.807) is 17.9 Å². The highest BCUT2D eigenvalue weighted by Crippen LogP contribution is 2.29. The second-order valence-corrected chi connectivity index (χ2v) is 5.94. The van der Waals surface area contributed by atoms with E-state index >= 15 is 0 Å². The van der Waals surface area contributed by atoms with E-state index in [1.807, 2.05) is 13.0 Å². The van der Waals surface area contributed by atoms with E-state index in [4.69, 9.17) is 5.73 Å². The van der Waals surface area contributed by atoms with Gasteiger partial charge in [0.25, 0.3) is 0 Å². The molecular formula is C13H17N3O2S. The van der Waals surface area contributed by atoms with Crippen LogP contribution in [-0.4, -0.2) is 28.3 Å². The van der Waals surface area contributed by atoms with Crippen molar-refractivity contribution in [3.8, 4) is 0 Å².